The van der Waals surface area contributed by atoms with Gasteiger partial charge in [0.05, 0.1) is 6.17 Å². The standard InChI is InChI=1S/C17H38N2O/c1-3-5-6-7-8-9-10-11-12-15-20-16-13-14-19-17(18)4-2/h17,19H,3-16,18H2,1-2H3. The SMILES string of the molecule is CCCCCCCCCCCOCCCNC(N)CC. The summed E-state index contributed by atoms with van der Waals surface area (Å²) in [6.45, 7) is 7.12. The summed E-state index contributed by atoms with van der Waals surface area (Å²) in [5, 5.41) is 3.27. The Hall–Kier alpha value is -0.120. The van der Waals surface area contributed by atoms with Crippen LogP contribution >= 0.6 is 0 Å². The Morgan fingerprint density at radius 1 is 0.800 bits per heavy atom. The van der Waals surface area contributed by atoms with Gasteiger partial charge in [0.1, 0.15) is 0 Å². The van der Waals surface area contributed by atoms with E-state index in [1.165, 1.54) is 57.8 Å². The van der Waals surface area contributed by atoms with Gasteiger partial charge in [0, 0.05) is 13.2 Å². The van der Waals surface area contributed by atoms with E-state index >= 15 is 0 Å². The van der Waals surface area contributed by atoms with Gasteiger partial charge < -0.3 is 15.8 Å². The number of unbranched alkanes of at least 4 members (excludes halogenated alkanes) is 8. The van der Waals surface area contributed by atoms with Crippen LogP contribution < -0.4 is 11.1 Å². The summed E-state index contributed by atoms with van der Waals surface area (Å²) in [7, 11) is 0. The molecule has 0 heterocycles. The van der Waals surface area contributed by atoms with Gasteiger partial charge in [-0.2, -0.15) is 0 Å². The quantitative estimate of drug-likeness (QED) is 0.330. The van der Waals surface area contributed by atoms with Crippen LogP contribution in [-0.2, 0) is 4.74 Å². The second-order valence-corrected chi connectivity index (χ2v) is 5.76. The number of hydrogen-bond donors (Lipinski definition) is 2. The van der Waals surface area contributed by atoms with E-state index in [0.29, 0.717) is 0 Å². The van der Waals surface area contributed by atoms with Crippen molar-refractivity contribution < 1.29 is 4.74 Å². The van der Waals surface area contributed by atoms with Crippen LogP contribution in [0.3, 0.4) is 0 Å². The summed E-state index contributed by atoms with van der Waals surface area (Å²) in [5.41, 5.74) is 5.77. The molecule has 1 unspecified atom stereocenters. The molecule has 0 aliphatic carbocycles. The molecule has 0 aromatic carbocycles. The molecular formula is C17H38N2O. The van der Waals surface area contributed by atoms with Gasteiger partial charge in [-0.3, -0.25) is 0 Å². The third-order valence-electron chi connectivity index (χ3n) is 3.70. The highest BCUT2D eigenvalue weighted by molar-refractivity contribution is 4.55. The van der Waals surface area contributed by atoms with Gasteiger partial charge in [-0.1, -0.05) is 65.2 Å². The van der Waals surface area contributed by atoms with Gasteiger partial charge in [0.15, 0.2) is 0 Å². The molecule has 1 atom stereocenters. The molecule has 20 heavy (non-hydrogen) atoms. The topological polar surface area (TPSA) is 47.3 Å². The molecule has 3 nitrogen and oxygen atoms in total. The molecule has 3 heteroatoms. The maximum Gasteiger partial charge on any atom is 0.0543 e. The number of ether oxygens (including phenoxy) is 1. The lowest BCUT2D eigenvalue weighted by Gasteiger charge is -2.11. The van der Waals surface area contributed by atoms with Crippen molar-refractivity contribution in [3.8, 4) is 0 Å². The molecule has 122 valence electrons. The largest absolute Gasteiger partial charge is 0.381 e. The minimum absolute atomic E-state index is 0.146. The zero-order valence-corrected chi connectivity index (χ0v) is 14.0. The average Bonchev–Trinajstić information content (AvgIpc) is 2.47. The molecule has 0 saturated heterocycles. The second-order valence-electron chi connectivity index (χ2n) is 5.76. The van der Waals surface area contributed by atoms with Crippen molar-refractivity contribution in [1.82, 2.24) is 5.32 Å². The van der Waals surface area contributed by atoms with E-state index in [1.807, 2.05) is 0 Å². The Labute approximate surface area is 127 Å². The molecule has 0 aromatic rings. The molecule has 3 N–H and O–H groups in total. The van der Waals surface area contributed by atoms with E-state index in [9.17, 15) is 0 Å². The van der Waals surface area contributed by atoms with E-state index < -0.39 is 0 Å². The van der Waals surface area contributed by atoms with Crippen LogP contribution in [-0.4, -0.2) is 25.9 Å². The third kappa shape index (κ3) is 15.9. The summed E-state index contributed by atoms with van der Waals surface area (Å²) in [6, 6.07) is 0. The molecule has 0 aliphatic heterocycles. The first-order valence-electron chi connectivity index (χ1n) is 8.88. The Morgan fingerprint density at radius 3 is 1.95 bits per heavy atom. The highest BCUT2D eigenvalue weighted by Crippen LogP contribution is 2.09. The van der Waals surface area contributed by atoms with Crippen LogP contribution in [0, 0.1) is 0 Å². The van der Waals surface area contributed by atoms with Crippen molar-refractivity contribution in [1.29, 1.82) is 0 Å². The molecule has 0 amide bonds. The molecule has 0 fully saturated rings. The summed E-state index contributed by atoms with van der Waals surface area (Å²) in [6.07, 6.45) is 14.5. The molecule has 0 spiro atoms. The van der Waals surface area contributed by atoms with Crippen LogP contribution in [0.25, 0.3) is 0 Å². The first-order valence-corrected chi connectivity index (χ1v) is 8.88. The van der Waals surface area contributed by atoms with E-state index in [2.05, 4.69) is 19.2 Å². The zero-order chi connectivity index (χ0) is 14.9. The van der Waals surface area contributed by atoms with Crippen LogP contribution in [0.1, 0.15) is 84.5 Å². The first-order chi connectivity index (χ1) is 9.81. The van der Waals surface area contributed by atoms with Gasteiger partial charge in [-0.15, -0.1) is 0 Å². The van der Waals surface area contributed by atoms with E-state index in [-0.39, 0.29) is 6.17 Å². The highest BCUT2D eigenvalue weighted by atomic mass is 16.5. The molecule has 0 aromatic heterocycles. The van der Waals surface area contributed by atoms with Gasteiger partial charge in [-0.05, 0) is 25.8 Å². The third-order valence-corrected chi connectivity index (χ3v) is 3.70. The maximum absolute atomic E-state index is 5.77. The van der Waals surface area contributed by atoms with Crippen molar-refractivity contribution in [3.63, 3.8) is 0 Å². The minimum atomic E-state index is 0.146. The number of rotatable bonds is 16. The van der Waals surface area contributed by atoms with Crippen molar-refractivity contribution in [2.75, 3.05) is 19.8 Å². The summed E-state index contributed by atoms with van der Waals surface area (Å²) in [5.74, 6) is 0. The fourth-order valence-electron chi connectivity index (χ4n) is 2.22. The maximum atomic E-state index is 5.77. The first kappa shape index (κ1) is 19.9. The number of hydrogen-bond acceptors (Lipinski definition) is 3. The second kappa shape index (κ2) is 16.9. The molecule has 0 bridgehead atoms. The molecular weight excluding hydrogens is 248 g/mol. The fourth-order valence-corrected chi connectivity index (χ4v) is 2.22. The van der Waals surface area contributed by atoms with Crippen LogP contribution in [0.5, 0.6) is 0 Å². The number of nitrogens with one attached hydrogen (secondary N) is 1. The van der Waals surface area contributed by atoms with E-state index in [4.69, 9.17) is 10.5 Å². The Bertz CT molecular complexity index is 176. The summed E-state index contributed by atoms with van der Waals surface area (Å²) >= 11 is 0. The molecule has 0 aliphatic rings. The molecule has 0 rings (SSSR count). The average molecular weight is 287 g/mol. The Balaban J connectivity index is 2.96. The normalized spacial score (nSPS) is 12.8. The van der Waals surface area contributed by atoms with Crippen molar-refractivity contribution >= 4 is 0 Å². The van der Waals surface area contributed by atoms with E-state index in [0.717, 1.165) is 32.6 Å². The highest BCUT2D eigenvalue weighted by Gasteiger charge is 1.96. The lowest BCUT2D eigenvalue weighted by molar-refractivity contribution is 0.127. The Morgan fingerprint density at radius 2 is 1.35 bits per heavy atom. The van der Waals surface area contributed by atoms with Crippen molar-refractivity contribution in [3.05, 3.63) is 0 Å². The fraction of sp³-hybridized carbons (Fsp3) is 1.00. The number of nitrogens with two attached hydrogens (primary N) is 1. The van der Waals surface area contributed by atoms with Gasteiger partial charge in [-0.25, -0.2) is 0 Å². The summed E-state index contributed by atoms with van der Waals surface area (Å²) in [4.78, 5) is 0. The lowest BCUT2D eigenvalue weighted by atomic mass is 10.1. The molecule has 0 radical (unpaired) electrons. The predicted molar refractivity (Wildman–Crippen MR) is 88.9 cm³/mol. The van der Waals surface area contributed by atoms with Gasteiger partial charge in [0.25, 0.3) is 0 Å². The lowest BCUT2D eigenvalue weighted by Crippen LogP contribution is -2.37. The monoisotopic (exact) mass is 286 g/mol. The van der Waals surface area contributed by atoms with E-state index in [1.54, 1.807) is 0 Å². The van der Waals surface area contributed by atoms with Gasteiger partial charge in [0.2, 0.25) is 0 Å². The zero-order valence-electron chi connectivity index (χ0n) is 14.0. The van der Waals surface area contributed by atoms with Crippen LogP contribution in [0.2, 0.25) is 0 Å². The predicted octanol–water partition coefficient (Wildman–Crippen LogP) is 4.21. The van der Waals surface area contributed by atoms with Crippen LogP contribution in [0.15, 0.2) is 0 Å². The minimum Gasteiger partial charge on any atom is -0.381 e. The Kier molecular flexibility index (Phi) is 16.8. The summed E-state index contributed by atoms with van der Waals surface area (Å²) < 4.78 is 5.63. The van der Waals surface area contributed by atoms with Gasteiger partial charge >= 0.3 is 0 Å². The van der Waals surface area contributed by atoms with Crippen molar-refractivity contribution in [2.45, 2.75) is 90.6 Å². The smallest absolute Gasteiger partial charge is 0.0543 e. The van der Waals surface area contributed by atoms with Crippen molar-refractivity contribution in [2.24, 2.45) is 5.73 Å². The molecule has 0 saturated carbocycles. The van der Waals surface area contributed by atoms with Crippen LogP contribution in [0.4, 0.5) is 0 Å².